The van der Waals surface area contributed by atoms with Gasteiger partial charge in [0.2, 0.25) is 5.95 Å². The summed E-state index contributed by atoms with van der Waals surface area (Å²) in [4.78, 5) is 23.2. The molecule has 5 nitrogen and oxygen atoms in total. The van der Waals surface area contributed by atoms with E-state index in [1.54, 1.807) is 17.2 Å². The quantitative estimate of drug-likeness (QED) is 0.797. The van der Waals surface area contributed by atoms with Gasteiger partial charge in [0.25, 0.3) is 5.91 Å². The summed E-state index contributed by atoms with van der Waals surface area (Å²) >= 11 is 0. The molecule has 1 N–H and O–H groups in total. The first-order chi connectivity index (χ1) is 12.3. The highest BCUT2D eigenvalue weighted by Crippen LogP contribution is 2.28. The first-order valence-corrected chi connectivity index (χ1v) is 8.32. The van der Waals surface area contributed by atoms with Crippen molar-refractivity contribution in [1.29, 1.82) is 0 Å². The third-order valence-electron chi connectivity index (χ3n) is 4.30. The van der Waals surface area contributed by atoms with Crippen molar-refractivity contribution in [2.75, 3.05) is 16.8 Å². The van der Waals surface area contributed by atoms with Crippen LogP contribution in [0.4, 0.5) is 11.6 Å². The summed E-state index contributed by atoms with van der Waals surface area (Å²) in [5, 5.41) is 3.17. The van der Waals surface area contributed by atoms with E-state index in [9.17, 15) is 4.79 Å². The number of anilines is 2. The molecule has 0 aliphatic carbocycles. The molecule has 0 unspecified atom stereocenters. The van der Waals surface area contributed by atoms with Crippen LogP contribution in [0.15, 0.2) is 66.9 Å². The summed E-state index contributed by atoms with van der Waals surface area (Å²) in [6.07, 6.45) is 2.50. The van der Waals surface area contributed by atoms with Crippen LogP contribution >= 0.6 is 0 Å². The molecular weight excluding hydrogens is 312 g/mol. The number of rotatable bonds is 4. The molecule has 5 heteroatoms. The van der Waals surface area contributed by atoms with Gasteiger partial charge in [-0.25, -0.2) is 9.97 Å². The Morgan fingerprint density at radius 2 is 1.84 bits per heavy atom. The van der Waals surface area contributed by atoms with E-state index in [0.29, 0.717) is 24.7 Å². The van der Waals surface area contributed by atoms with Crippen LogP contribution in [-0.2, 0) is 13.0 Å². The number of carbonyl (C=O) groups excluding carboxylic acids is 1. The van der Waals surface area contributed by atoms with E-state index in [0.717, 1.165) is 17.7 Å². The molecule has 0 spiro atoms. The van der Waals surface area contributed by atoms with E-state index in [4.69, 9.17) is 0 Å². The van der Waals surface area contributed by atoms with Gasteiger partial charge < -0.3 is 10.2 Å². The van der Waals surface area contributed by atoms with Crippen LogP contribution in [0.25, 0.3) is 0 Å². The maximum atomic E-state index is 12.8. The minimum absolute atomic E-state index is 0.0879. The average molecular weight is 330 g/mol. The topological polar surface area (TPSA) is 58.1 Å². The number of benzene rings is 2. The summed E-state index contributed by atoms with van der Waals surface area (Å²) in [6, 6.07) is 19.7. The zero-order chi connectivity index (χ0) is 17.1. The first kappa shape index (κ1) is 15.3. The summed E-state index contributed by atoms with van der Waals surface area (Å²) in [6.45, 7) is 1.31. The predicted octanol–water partition coefficient (Wildman–Crippen LogP) is 3.29. The summed E-state index contributed by atoms with van der Waals surface area (Å²) in [7, 11) is 0. The van der Waals surface area contributed by atoms with Crippen LogP contribution < -0.4 is 10.2 Å². The second-order valence-electron chi connectivity index (χ2n) is 5.94. The zero-order valence-corrected chi connectivity index (χ0v) is 13.7. The van der Waals surface area contributed by atoms with E-state index in [1.807, 2.05) is 48.5 Å². The minimum Gasteiger partial charge on any atom is -0.350 e. The molecule has 2 heterocycles. The van der Waals surface area contributed by atoms with Crippen molar-refractivity contribution in [3.8, 4) is 0 Å². The lowest BCUT2D eigenvalue weighted by atomic mass is 10.2. The van der Waals surface area contributed by atoms with Gasteiger partial charge in [0, 0.05) is 25.0 Å². The standard InChI is InChI=1S/C20H18N4O/c25-19(24-13-11-16-8-4-5-9-18(16)24)17-10-12-21-20(23-17)22-14-15-6-2-1-3-7-15/h1-10,12H,11,13-14H2,(H,21,22,23). The summed E-state index contributed by atoms with van der Waals surface area (Å²) in [5.74, 6) is 0.372. The number of fused-ring (bicyclic) bond motifs is 1. The summed E-state index contributed by atoms with van der Waals surface area (Å²) in [5.41, 5.74) is 3.72. The molecule has 124 valence electrons. The maximum Gasteiger partial charge on any atom is 0.277 e. The molecule has 0 saturated heterocycles. The Kier molecular flexibility index (Phi) is 4.12. The van der Waals surface area contributed by atoms with Gasteiger partial charge in [-0.1, -0.05) is 48.5 Å². The van der Waals surface area contributed by atoms with Crippen molar-refractivity contribution < 1.29 is 4.79 Å². The van der Waals surface area contributed by atoms with Gasteiger partial charge in [0.15, 0.2) is 0 Å². The molecule has 1 aliphatic heterocycles. The van der Waals surface area contributed by atoms with E-state index in [-0.39, 0.29) is 5.91 Å². The van der Waals surface area contributed by atoms with E-state index in [2.05, 4.69) is 21.4 Å². The van der Waals surface area contributed by atoms with Crippen LogP contribution in [0, 0.1) is 0 Å². The molecule has 25 heavy (non-hydrogen) atoms. The van der Waals surface area contributed by atoms with Crippen LogP contribution in [0.5, 0.6) is 0 Å². The van der Waals surface area contributed by atoms with Gasteiger partial charge in [-0.3, -0.25) is 4.79 Å². The van der Waals surface area contributed by atoms with Crippen molar-refractivity contribution in [2.45, 2.75) is 13.0 Å². The highest BCUT2D eigenvalue weighted by molar-refractivity contribution is 6.06. The molecule has 2 aromatic carbocycles. The van der Waals surface area contributed by atoms with E-state index >= 15 is 0 Å². The van der Waals surface area contributed by atoms with Crippen molar-refractivity contribution in [2.24, 2.45) is 0 Å². The SMILES string of the molecule is O=C(c1ccnc(NCc2ccccc2)n1)N1CCc2ccccc21. The molecule has 0 bridgehead atoms. The minimum atomic E-state index is -0.0879. The zero-order valence-electron chi connectivity index (χ0n) is 13.7. The maximum absolute atomic E-state index is 12.8. The van der Waals surface area contributed by atoms with Crippen molar-refractivity contribution >= 4 is 17.5 Å². The number of para-hydroxylation sites is 1. The van der Waals surface area contributed by atoms with Gasteiger partial charge in [-0.2, -0.15) is 0 Å². The van der Waals surface area contributed by atoms with E-state index in [1.165, 1.54) is 5.56 Å². The molecule has 4 rings (SSSR count). The summed E-state index contributed by atoms with van der Waals surface area (Å²) < 4.78 is 0. The van der Waals surface area contributed by atoms with Gasteiger partial charge in [0.05, 0.1) is 0 Å². The second-order valence-corrected chi connectivity index (χ2v) is 5.94. The number of hydrogen-bond donors (Lipinski definition) is 1. The van der Waals surface area contributed by atoms with Crippen molar-refractivity contribution in [3.63, 3.8) is 0 Å². The number of nitrogens with one attached hydrogen (secondary N) is 1. The van der Waals surface area contributed by atoms with Crippen molar-refractivity contribution in [3.05, 3.63) is 83.7 Å². The highest BCUT2D eigenvalue weighted by atomic mass is 16.2. The number of aromatic nitrogens is 2. The monoisotopic (exact) mass is 330 g/mol. The number of hydrogen-bond acceptors (Lipinski definition) is 4. The van der Waals surface area contributed by atoms with Crippen LogP contribution in [0.2, 0.25) is 0 Å². The number of amides is 1. The molecule has 0 fully saturated rings. The van der Waals surface area contributed by atoms with Crippen LogP contribution in [0.3, 0.4) is 0 Å². The second kappa shape index (κ2) is 6.73. The number of carbonyl (C=O) groups is 1. The first-order valence-electron chi connectivity index (χ1n) is 8.32. The molecule has 0 saturated carbocycles. The van der Waals surface area contributed by atoms with Gasteiger partial charge >= 0.3 is 0 Å². The molecule has 1 aliphatic rings. The van der Waals surface area contributed by atoms with Crippen LogP contribution in [0.1, 0.15) is 21.6 Å². The Bertz CT molecular complexity index is 895. The predicted molar refractivity (Wildman–Crippen MR) is 97.6 cm³/mol. The Morgan fingerprint density at radius 3 is 2.72 bits per heavy atom. The lowest BCUT2D eigenvalue weighted by Crippen LogP contribution is -2.29. The Labute approximate surface area is 146 Å². The largest absolute Gasteiger partial charge is 0.350 e. The molecular formula is C20H18N4O. The molecule has 0 atom stereocenters. The number of nitrogens with zero attached hydrogens (tertiary/aromatic N) is 3. The molecule has 3 aromatic rings. The van der Waals surface area contributed by atoms with Crippen LogP contribution in [-0.4, -0.2) is 22.4 Å². The third kappa shape index (κ3) is 3.21. The van der Waals surface area contributed by atoms with Crippen molar-refractivity contribution in [1.82, 2.24) is 9.97 Å². The molecule has 0 radical (unpaired) electrons. The Balaban J connectivity index is 1.51. The fraction of sp³-hybridized carbons (Fsp3) is 0.150. The Hall–Kier alpha value is -3.21. The Morgan fingerprint density at radius 1 is 1.04 bits per heavy atom. The van der Waals surface area contributed by atoms with Gasteiger partial charge in [0.1, 0.15) is 5.69 Å². The third-order valence-corrected chi connectivity index (χ3v) is 4.30. The van der Waals surface area contributed by atoms with Gasteiger partial charge in [-0.15, -0.1) is 0 Å². The lowest BCUT2D eigenvalue weighted by Gasteiger charge is -2.17. The van der Waals surface area contributed by atoms with E-state index < -0.39 is 0 Å². The smallest absolute Gasteiger partial charge is 0.277 e. The highest BCUT2D eigenvalue weighted by Gasteiger charge is 2.26. The fourth-order valence-corrected chi connectivity index (χ4v) is 3.03. The molecule has 1 amide bonds. The molecule has 1 aromatic heterocycles. The normalized spacial score (nSPS) is 12.7. The average Bonchev–Trinajstić information content (AvgIpc) is 3.11. The fourth-order valence-electron chi connectivity index (χ4n) is 3.03. The van der Waals surface area contributed by atoms with Gasteiger partial charge in [-0.05, 0) is 29.7 Å². The lowest BCUT2D eigenvalue weighted by molar-refractivity contribution is 0.0984.